The number of carbonyl (C=O) groups is 1. The Hall–Kier alpha value is -2.07. The average molecular weight is 546 g/mol. The number of amides is 1. The molecule has 9 heteroatoms. The number of halogens is 3. The Morgan fingerprint density at radius 2 is 1.67 bits per heavy atom. The Morgan fingerprint density at radius 3 is 2.27 bits per heavy atom. The maximum absolute atomic E-state index is 13.0. The molecule has 0 atom stereocenters. The quantitative estimate of drug-likeness (QED) is 0.344. The Balaban J connectivity index is 0.00000320. The molecule has 0 aliphatic carbocycles. The van der Waals surface area contributed by atoms with Crippen LogP contribution in [0.2, 0.25) is 5.02 Å². The van der Waals surface area contributed by atoms with Crippen molar-refractivity contribution in [3.8, 4) is 0 Å². The van der Waals surface area contributed by atoms with Gasteiger partial charge in [0.25, 0.3) is 0 Å². The van der Waals surface area contributed by atoms with E-state index in [1.165, 1.54) is 12.1 Å². The fourth-order valence-electron chi connectivity index (χ4n) is 3.15. The van der Waals surface area contributed by atoms with Gasteiger partial charge in [-0.1, -0.05) is 23.7 Å². The van der Waals surface area contributed by atoms with Crippen molar-refractivity contribution < 1.29 is 9.18 Å². The minimum atomic E-state index is -0.266. The molecule has 6 nitrogen and oxygen atoms in total. The third-order valence-corrected chi connectivity index (χ3v) is 5.08. The predicted octanol–water partition coefficient (Wildman–Crippen LogP) is 3.11. The second-order valence-electron chi connectivity index (χ2n) is 6.75. The first kappa shape index (κ1) is 24.2. The van der Waals surface area contributed by atoms with Crippen LogP contribution in [0.15, 0.2) is 53.5 Å². The summed E-state index contributed by atoms with van der Waals surface area (Å²) in [5, 5.41) is 6.88. The van der Waals surface area contributed by atoms with Crippen molar-refractivity contribution in [1.29, 1.82) is 0 Å². The number of benzene rings is 2. The molecule has 1 amide bonds. The summed E-state index contributed by atoms with van der Waals surface area (Å²) in [5.74, 6) is 0.297. The molecule has 0 aromatic heterocycles. The monoisotopic (exact) mass is 545 g/mol. The van der Waals surface area contributed by atoms with E-state index in [0.29, 0.717) is 25.6 Å². The SMILES string of the molecule is CN=C(NCC(=O)N1CCN(c2ccc(Cl)cc2)CC1)NCc1ccc(F)cc1.I. The molecule has 30 heavy (non-hydrogen) atoms. The lowest BCUT2D eigenvalue weighted by molar-refractivity contribution is -0.130. The van der Waals surface area contributed by atoms with Gasteiger partial charge >= 0.3 is 0 Å². The number of nitrogens with zero attached hydrogens (tertiary/aromatic N) is 3. The zero-order chi connectivity index (χ0) is 20.6. The third kappa shape index (κ3) is 7.02. The number of hydrogen-bond donors (Lipinski definition) is 2. The van der Waals surface area contributed by atoms with Gasteiger partial charge in [-0.25, -0.2) is 4.39 Å². The van der Waals surface area contributed by atoms with E-state index in [9.17, 15) is 9.18 Å². The average Bonchev–Trinajstić information content (AvgIpc) is 2.75. The molecule has 0 saturated carbocycles. The number of piperazine rings is 1. The van der Waals surface area contributed by atoms with Crippen molar-refractivity contribution in [2.75, 3.05) is 44.7 Å². The molecular formula is C21H26ClFIN5O. The third-order valence-electron chi connectivity index (χ3n) is 4.83. The molecule has 1 aliphatic heterocycles. The Morgan fingerprint density at radius 1 is 1.03 bits per heavy atom. The first-order valence-electron chi connectivity index (χ1n) is 9.52. The van der Waals surface area contributed by atoms with Gasteiger partial charge < -0.3 is 20.4 Å². The van der Waals surface area contributed by atoms with Crippen LogP contribution < -0.4 is 15.5 Å². The number of hydrogen-bond acceptors (Lipinski definition) is 3. The van der Waals surface area contributed by atoms with Gasteiger partial charge in [0.1, 0.15) is 5.82 Å². The lowest BCUT2D eigenvalue weighted by Crippen LogP contribution is -2.52. The molecule has 1 aliphatic rings. The summed E-state index contributed by atoms with van der Waals surface area (Å²) in [4.78, 5) is 20.7. The summed E-state index contributed by atoms with van der Waals surface area (Å²) in [5.41, 5.74) is 2.05. The zero-order valence-corrected chi connectivity index (χ0v) is 19.9. The van der Waals surface area contributed by atoms with Gasteiger partial charge in [-0.2, -0.15) is 0 Å². The molecule has 162 valence electrons. The van der Waals surface area contributed by atoms with Crippen molar-refractivity contribution in [3.63, 3.8) is 0 Å². The van der Waals surface area contributed by atoms with E-state index in [1.54, 1.807) is 19.2 Å². The summed E-state index contributed by atoms with van der Waals surface area (Å²) < 4.78 is 13.0. The summed E-state index contributed by atoms with van der Waals surface area (Å²) in [6.45, 7) is 3.57. The minimum Gasteiger partial charge on any atom is -0.368 e. The van der Waals surface area contributed by atoms with Gasteiger partial charge in [0, 0.05) is 50.5 Å². The maximum atomic E-state index is 13.0. The van der Waals surface area contributed by atoms with Crippen molar-refractivity contribution in [1.82, 2.24) is 15.5 Å². The zero-order valence-electron chi connectivity index (χ0n) is 16.8. The fraction of sp³-hybridized carbons (Fsp3) is 0.333. The number of aliphatic imine (C=N–C) groups is 1. The maximum Gasteiger partial charge on any atom is 0.242 e. The van der Waals surface area contributed by atoms with E-state index >= 15 is 0 Å². The summed E-state index contributed by atoms with van der Waals surface area (Å²) in [6, 6.07) is 14.0. The fourth-order valence-corrected chi connectivity index (χ4v) is 3.27. The van der Waals surface area contributed by atoms with Crippen LogP contribution in [0.4, 0.5) is 10.1 Å². The van der Waals surface area contributed by atoms with Gasteiger partial charge in [0.2, 0.25) is 5.91 Å². The van der Waals surface area contributed by atoms with Gasteiger partial charge in [-0.15, -0.1) is 24.0 Å². The van der Waals surface area contributed by atoms with Crippen LogP contribution in [0, 0.1) is 5.82 Å². The lowest BCUT2D eigenvalue weighted by Gasteiger charge is -2.36. The van der Waals surface area contributed by atoms with Crippen molar-refractivity contribution >= 4 is 53.1 Å². The Bertz CT molecular complexity index is 839. The second kappa shape index (κ2) is 11.9. The van der Waals surface area contributed by atoms with Gasteiger partial charge in [0.05, 0.1) is 6.54 Å². The number of carbonyl (C=O) groups excluding carboxylic acids is 1. The van der Waals surface area contributed by atoms with Gasteiger partial charge in [-0.05, 0) is 42.0 Å². The highest BCUT2D eigenvalue weighted by Gasteiger charge is 2.21. The molecule has 2 aromatic rings. The molecule has 0 bridgehead atoms. The Labute approximate surface area is 198 Å². The van der Waals surface area contributed by atoms with Gasteiger partial charge in [-0.3, -0.25) is 9.79 Å². The summed E-state index contributed by atoms with van der Waals surface area (Å²) >= 11 is 5.94. The van der Waals surface area contributed by atoms with E-state index < -0.39 is 0 Å². The van der Waals surface area contributed by atoms with E-state index in [2.05, 4.69) is 20.5 Å². The van der Waals surface area contributed by atoms with Crippen molar-refractivity contribution in [3.05, 3.63) is 64.9 Å². The number of nitrogens with one attached hydrogen (secondary N) is 2. The van der Waals surface area contributed by atoms with Crippen LogP contribution in [0.25, 0.3) is 0 Å². The summed E-state index contributed by atoms with van der Waals surface area (Å²) in [6.07, 6.45) is 0. The first-order valence-corrected chi connectivity index (χ1v) is 9.90. The molecule has 0 radical (unpaired) electrons. The normalized spacial score (nSPS) is 14.2. The predicted molar refractivity (Wildman–Crippen MR) is 130 cm³/mol. The molecule has 2 N–H and O–H groups in total. The van der Waals surface area contributed by atoms with E-state index in [4.69, 9.17) is 11.6 Å². The lowest BCUT2D eigenvalue weighted by atomic mass is 10.2. The standard InChI is InChI=1S/C21H25ClFN5O.HI/c1-24-21(25-14-16-2-6-18(23)7-3-16)26-15-20(29)28-12-10-27(11-13-28)19-8-4-17(22)5-9-19;/h2-9H,10-15H2,1H3,(H2,24,25,26);1H. The largest absolute Gasteiger partial charge is 0.368 e. The first-order chi connectivity index (χ1) is 14.0. The number of anilines is 1. The molecule has 2 aromatic carbocycles. The van der Waals surface area contributed by atoms with Crippen LogP contribution in [-0.2, 0) is 11.3 Å². The summed E-state index contributed by atoms with van der Waals surface area (Å²) in [7, 11) is 1.65. The van der Waals surface area contributed by atoms with E-state index in [-0.39, 0.29) is 42.2 Å². The van der Waals surface area contributed by atoms with Crippen molar-refractivity contribution in [2.45, 2.75) is 6.54 Å². The van der Waals surface area contributed by atoms with Crippen LogP contribution in [0.5, 0.6) is 0 Å². The van der Waals surface area contributed by atoms with E-state index in [0.717, 1.165) is 29.4 Å². The molecule has 0 spiro atoms. The van der Waals surface area contributed by atoms with Crippen LogP contribution in [-0.4, -0.2) is 56.5 Å². The highest BCUT2D eigenvalue weighted by molar-refractivity contribution is 14.0. The van der Waals surface area contributed by atoms with Crippen molar-refractivity contribution in [2.24, 2.45) is 4.99 Å². The molecular weight excluding hydrogens is 520 g/mol. The van der Waals surface area contributed by atoms with Gasteiger partial charge in [0.15, 0.2) is 5.96 Å². The molecule has 1 saturated heterocycles. The van der Waals surface area contributed by atoms with Crippen LogP contribution in [0.1, 0.15) is 5.56 Å². The molecule has 3 rings (SSSR count). The topological polar surface area (TPSA) is 60.0 Å². The highest BCUT2D eigenvalue weighted by Crippen LogP contribution is 2.19. The highest BCUT2D eigenvalue weighted by atomic mass is 127. The molecule has 1 heterocycles. The number of rotatable bonds is 5. The number of guanidine groups is 1. The van der Waals surface area contributed by atoms with Crippen LogP contribution in [0.3, 0.4) is 0 Å². The Kier molecular flexibility index (Phi) is 9.64. The molecule has 1 fully saturated rings. The second-order valence-corrected chi connectivity index (χ2v) is 7.19. The van der Waals surface area contributed by atoms with E-state index in [1.807, 2.05) is 29.2 Å². The van der Waals surface area contributed by atoms with Crippen LogP contribution >= 0.6 is 35.6 Å². The molecule has 0 unspecified atom stereocenters. The smallest absolute Gasteiger partial charge is 0.242 e. The minimum absolute atomic E-state index is 0.